The molecule has 9 nitrogen and oxygen atoms in total. The van der Waals surface area contributed by atoms with Crippen molar-refractivity contribution in [3.63, 3.8) is 0 Å². The van der Waals surface area contributed by atoms with Gasteiger partial charge in [-0.25, -0.2) is 18.4 Å². The molecule has 0 aliphatic heterocycles. The number of ether oxygens (including phenoxy) is 2. The molecule has 0 saturated heterocycles. The van der Waals surface area contributed by atoms with E-state index in [1.807, 2.05) is 13.8 Å². The second-order valence-corrected chi connectivity index (χ2v) is 11.3. The fraction of sp³-hybridized carbons (Fsp3) is 0.476. The number of hydrogen-bond donors (Lipinski definition) is 2. The number of aryl methyl sites for hydroxylation is 1. The Kier molecular flexibility index (Phi) is 7.26. The van der Waals surface area contributed by atoms with Gasteiger partial charge in [0.05, 0.1) is 23.5 Å². The molecule has 0 aliphatic rings. The molecule has 0 amide bonds. The molecule has 0 radical (unpaired) electrons. The molecule has 0 unspecified atom stereocenters. The quantitative estimate of drug-likeness (QED) is 0.348. The van der Waals surface area contributed by atoms with Gasteiger partial charge < -0.3 is 14.8 Å². The SMILES string of the molecule is Cc1[nH]nc(Nc2ncnc3cc(OCCOCCCl)c(S(=O)(=O)C(C)(C)C)cc23)c1C. The largest absolute Gasteiger partial charge is 0.490 e. The van der Waals surface area contributed by atoms with E-state index < -0.39 is 14.6 Å². The number of hydrogen-bond acceptors (Lipinski definition) is 8. The fourth-order valence-corrected chi connectivity index (χ4v) is 4.33. The topological polar surface area (TPSA) is 119 Å². The molecule has 0 spiro atoms. The summed E-state index contributed by atoms with van der Waals surface area (Å²) in [5.74, 6) is 1.66. The summed E-state index contributed by atoms with van der Waals surface area (Å²) in [5, 5.41) is 10.9. The third kappa shape index (κ3) is 4.97. The average molecular weight is 482 g/mol. The Balaban J connectivity index is 2.08. The van der Waals surface area contributed by atoms with Crippen LogP contribution < -0.4 is 10.1 Å². The van der Waals surface area contributed by atoms with Gasteiger partial charge >= 0.3 is 0 Å². The van der Waals surface area contributed by atoms with E-state index in [1.54, 1.807) is 32.9 Å². The first-order chi connectivity index (χ1) is 15.1. The summed E-state index contributed by atoms with van der Waals surface area (Å²) in [6.45, 7) is 9.65. The van der Waals surface area contributed by atoms with Crippen LogP contribution in [0.25, 0.3) is 10.9 Å². The Bertz CT molecular complexity index is 1200. The molecule has 0 aliphatic carbocycles. The van der Waals surface area contributed by atoms with Gasteiger partial charge in [-0.05, 0) is 40.7 Å². The number of H-pyrrole nitrogens is 1. The first kappa shape index (κ1) is 24.2. The molecule has 11 heteroatoms. The first-order valence-corrected chi connectivity index (χ1v) is 12.2. The molecule has 0 bridgehead atoms. The molecule has 3 aromatic rings. The molecular weight excluding hydrogens is 454 g/mol. The van der Waals surface area contributed by atoms with Crippen LogP contribution in [0.15, 0.2) is 23.4 Å². The molecule has 2 N–H and O–H groups in total. The third-order valence-electron chi connectivity index (χ3n) is 4.99. The molecule has 32 heavy (non-hydrogen) atoms. The predicted octanol–water partition coefficient (Wildman–Crippen LogP) is 3.92. The van der Waals surface area contributed by atoms with Gasteiger partial charge in [-0.3, -0.25) is 5.10 Å². The maximum atomic E-state index is 13.4. The van der Waals surface area contributed by atoms with Gasteiger partial charge in [-0.15, -0.1) is 11.6 Å². The molecule has 2 aromatic heterocycles. The first-order valence-electron chi connectivity index (χ1n) is 10.1. The minimum absolute atomic E-state index is 0.0719. The number of anilines is 2. The van der Waals surface area contributed by atoms with E-state index in [2.05, 4.69) is 25.5 Å². The number of aromatic nitrogens is 4. The van der Waals surface area contributed by atoms with Crippen molar-refractivity contribution in [3.05, 3.63) is 29.7 Å². The number of alkyl halides is 1. The van der Waals surface area contributed by atoms with Gasteiger partial charge in [-0.2, -0.15) is 5.10 Å². The van der Waals surface area contributed by atoms with E-state index in [-0.39, 0.29) is 23.9 Å². The zero-order chi connectivity index (χ0) is 23.5. The molecular formula is C21H28ClN5O4S. The highest BCUT2D eigenvalue weighted by molar-refractivity contribution is 7.92. The second-order valence-electron chi connectivity index (χ2n) is 8.25. The average Bonchev–Trinajstić information content (AvgIpc) is 3.04. The van der Waals surface area contributed by atoms with Crippen LogP contribution in [0.2, 0.25) is 0 Å². The van der Waals surface area contributed by atoms with Crippen molar-refractivity contribution < 1.29 is 17.9 Å². The van der Waals surface area contributed by atoms with Crippen LogP contribution >= 0.6 is 11.6 Å². The van der Waals surface area contributed by atoms with Gasteiger partial charge in [-0.1, -0.05) is 0 Å². The van der Waals surface area contributed by atoms with E-state index in [1.165, 1.54) is 6.33 Å². The third-order valence-corrected chi connectivity index (χ3v) is 7.66. The van der Waals surface area contributed by atoms with Gasteiger partial charge in [0.1, 0.15) is 29.4 Å². The van der Waals surface area contributed by atoms with Crippen LogP contribution in [0.3, 0.4) is 0 Å². The van der Waals surface area contributed by atoms with Crippen molar-refractivity contribution >= 4 is 44.0 Å². The number of sulfone groups is 1. The molecule has 2 heterocycles. The highest BCUT2D eigenvalue weighted by atomic mass is 35.5. The second kappa shape index (κ2) is 9.60. The van der Waals surface area contributed by atoms with Crippen LogP contribution in [-0.2, 0) is 14.6 Å². The van der Waals surface area contributed by atoms with E-state index in [0.717, 1.165) is 11.3 Å². The van der Waals surface area contributed by atoms with Crippen LogP contribution in [0.4, 0.5) is 11.6 Å². The summed E-state index contributed by atoms with van der Waals surface area (Å²) in [4.78, 5) is 8.70. The van der Waals surface area contributed by atoms with Crippen molar-refractivity contribution in [2.75, 3.05) is 31.0 Å². The number of nitrogens with one attached hydrogen (secondary N) is 2. The summed E-state index contributed by atoms with van der Waals surface area (Å²) in [6, 6.07) is 3.17. The van der Waals surface area contributed by atoms with E-state index in [0.29, 0.717) is 35.0 Å². The maximum absolute atomic E-state index is 13.4. The number of halogens is 1. The number of nitrogens with zero attached hydrogens (tertiary/aromatic N) is 3. The Morgan fingerprint density at radius 1 is 1.09 bits per heavy atom. The highest BCUT2D eigenvalue weighted by Gasteiger charge is 2.34. The van der Waals surface area contributed by atoms with E-state index >= 15 is 0 Å². The van der Waals surface area contributed by atoms with Crippen LogP contribution in [-0.4, -0.2) is 59.0 Å². The zero-order valence-electron chi connectivity index (χ0n) is 18.8. The van der Waals surface area contributed by atoms with E-state index in [4.69, 9.17) is 21.1 Å². The minimum atomic E-state index is -3.73. The molecule has 174 valence electrons. The number of rotatable bonds is 9. The lowest BCUT2D eigenvalue weighted by Gasteiger charge is -2.22. The van der Waals surface area contributed by atoms with Gasteiger partial charge in [0.25, 0.3) is 0 Å². The predicted molar refractivity (Wildman–Crippen MR) is 125 cm³/mol. The normalized spacial score (nSPS) is 12.3. The van der Waals surface area contributed by atoms with Crippen molar-refractivity contribution in [2.24, 2.45) is 0 Å². The monoisotopic (exact) mass is 481 g/mol. The lowest BCUT2D eigenvalue weighted by molar-refractivity contribution is 0.110. The minimum Gasteiger partial charge on any atom is -0.490 e. The summed E-state index contributed by atoms with van der Waals surface area (Å²) >= 11 is 5.61. The van der Waals surface area contributed by atoms with Crippen molar-refractivity contribution in [1.29, 1.82) is 0 Å². The molecule has 3 rings (SSSR count). The van der Waals surface area contributed by atoms with Gasteiger partial charge in [0.15, 0.2) is 15.7 Å². The summed E-state index contributed by atoms with van der Waals surface area (Å²) in [7, 11) is -3.73. The van der Waals surface area contributed by atoms with Crippen LogP contribution in [0.1, 0.15) is 32.0 Å². The van der Waals surface area contributed by atoms with E-state index in [9.17, 15) is 8.42 Å². The molecule has 0 fully saturated rings. The Morgan fingerprint density at radius 2 is 1.84 bits per heavy atom. The summed E-state index contributed by atoms with van der Waals surface area (Å²) in [6.07, 6.45) is 1.41. The Labute approximate surface area is 192 Å². The molecule has 0 atom stereocenters. The van der Waals surface area contributed by atoms with Crippen molar-refractivity contribution in [1.82, 2.24) is 20.2 Å². The summed E-state index contributed by atoms with van der Waals surface area (Å²) in [5.41, 5.74) is 2.40. The fourth-order valence-electron chi connectivity index (χ4n) is 2.90. The lowest BCUT2D eigenvalue weighted by Crippen LogP contribution is -2.28. The number of fused-ring (bicyclic) bond motifs is 1. The Morgan fingerprint density at radius 3 is 2.47 bits per heavy atom. The van der Waals surface area contributed by atoms with Gasteiger partial charge in [0.2, 0.25) is 0 Å². The smallest absolute Gasteiger partial charge is 0.186 e. The number of aromatic amines is 1. The van der Waals surface area contributed by atoms with Gasteiger partial charge in [0, 0.05) is 28.6 Å². The highest BCUT2D eigenvalue weighted by Crippen LogP contribution is 2.37. The lowest BCUT2D eigenvalue weighted by atomic mass is 10.2. The molecule has 0 saturated carbocycles. The van der Waals surface area contributed by atoms with Crippen LogP contribution in [0, 0.1) is 13.8 Å². The maximum Gasteiger partial charge on any atom is 0.186 e. The molecule has 1 aromatic carbocycles. The van der Waals surface area contributed by atoms with Crippen LogP contribution in [0.5, 0.6) is 5.75 Å². The van der Waals surface area contributed by atoms with Crippen molar-refractivity contribution in [2.45, 2.75) is 44.3 Å². The zero-order valence-corrected chi connectivity index (χ0v) is 20.4. The number of benzene rings is 1. The van der Waals surface area contributed by atoms with Crippen molar-refractivity contribution in [3.8, 4) is 5.75 Å². The summed E-state index contributed by atoms with van der Waals surface area (Å²) < 4.78 is 36.9. The Hall–Kier alpha value is -2.43. The standard InChI is InChI=1S/C21H28ClN5O4S/c1-13-14(2)26-27-19(13)25-20-15-10-18(32(28,29)21(3,4)5)17(11-16(15)23-12-24-20)31-9-8-30-7-6-22/h10-12H,6-9H2,1-5H3,(H2,23,24,25,26,27).